The number of thiophene rings is 2. The minimum Gasteiger partial charge on any atom is -0.462 e. The van der Waals surface area contributed by atoms with Crippen LogP contribution in [0.25, 0.3) is 48.2 Å². The van der Waals surface area contributed by atoms with E-state index in [0.717, 1.165) is 49.0 Å². The molecular formula is C52H61BrCl4N2O6S2Sn. The van der Waals surface area contributed by atoms with Gasteiger partial charge in [-0.15, -0.1) is 22.7 Å². The van der Waals surface area contributed by atoms with Crippen molar-refractivity contribution < 1.29 is 28.5 Å². The monoisotopic (exact) mass is 1210 g/mol. The van der Waals surface area contributed by atoms with E-state index in [1.807, 2.05) is 31.2 Å². The standard InChI is InChI=1S/C20H17Cl2NO3S.C16H10BrCl2NO2S.C4H7O.3C4H9.Sn/c1-4-25-11(3)17-16-10-23-9-15(12-6-13(21)8-14(22)7-12)18(16)27-19(17)20(24)26-5-2;1-2-22-16(21)15-13(17)12-7-20-6-11(14(12)23-15)8-3-9(18)5-10(19)4-8;1-3-5-4-2;3*1-3-4-2;/h6-10H,3-5H2,1-2H3;3-7H,2H2,1H3;1,4H2,2H3;3*1,3-4H2,2H3;. The third-order valence-corrected chi connectivity index (χ3v) is 30.3. The van der Waals surface area contributed by atoms with E-state index in [1.54, 1.807) is 50.8 Å². The number of rotatable bonds is 21. The van der Waals surface area contributed by atoms with Gasteiger partial charge in [0.25, 0.3) is 0 Å². The van der Waals surface area contributed by atoms with Crippen LogP contribution in [0.5, 0.6) is 0 Å². The van der Waals surface area contributed by atoms with Gasteiger partial charge < -0.3 is 14.2 Å². The van der Waals surface area contributed by atoms with Gasteiger partial charge in [0, 0.05) is 76.2 Å². The molecule has 4 aromatic heterocycles. The Morgan fingerprint density at radius 1 is 0.574 bits per heavy atom. The third-order valence-electron chi connectivity index (χ3n) is 10.9. The summed E-state index contributed by atoms with van der Waals surface area (Å²) >= 11 is 28.4. The van der Waals surface area contributed by atoms with Gasteiger partial charge in [-0.1, -0.05) is 53.0 Å². The molecule has 0 bridgehead atoms. The Bertz CT molecular complexity index is 2610. The normalized spacial score (nSPS) is 11.1. The SMILES string of the molecule is C=C(OCC)c1c(C(=O)OCC)sc2c(-c3cc(Cl)cc(Cl)c3)cncc12.C=[C](OCC)[Sn]([CH2]CCC)([CH2]CCC)[CH2]CCC.CCOC(=O)c1sc2c(-c3cc(Cl)cc(Cl)c3)cncc2c1Br. The zero-order valence-corrected chi connectivity index (χ0v) is 49.0. The Morgan fingerprint density at radius 2 is 0.971 bits per heavy atom. The molecule has 16 heteroatoms. The molecule has 0 unspecified atom stereocenters. The fourth-order valence-electron chi connectivity index (χ4n) is 7.68. The zero-order chi connectivity index (χ0) is 50.0. The Balaban J connectivity index is 0.000000228. The molecule has 0 aliphatic carbocycles. The number of nitrogens with zero attached hydrogens (tertiary/aromatic N) is 2. The summed E-state index contributed by atoms with van der Waals surface area (Å²) < 4.78 is 29.9. The van der Waals surface area contributed by atoms with E-state index in [0.29, 0.717) is 58.9 Å². The number of benzene rings is 2. The largest absolute Gasteiger partial charge is 0.462 e. The van der Waals surface area contributed by atoms with Crippen LogP contribution in [-0.4, -0.2) is 66.7 Å². The molecule has 0 spiro atoms. The number of halogens is 5. The maximum Gasteiger partial charge on any atom is 0.349 e. The second-order valence-electron chi connectivity index (χ2n) is 15.7. The van der Waals surface area contributed by atoms with Crippen LogP contribution in [0.15, 0.2) is 82.6 Å². The van der Waals surface area contributed by atoms with E-state index in [2.05, 4.69) is 66.8 Å². The maximum absolute atomic E-state index is 12.5. The number of carbonyl (C=O) groups is 2. The van der Waals surface area contributed by atoms with Gasteiger partial charge in [-0.05, 0) is 84.2 Å². The number of esters is 2. The number of carbonyl (C=O) groups excluding carboxylic acids is 2. The van der Waals surface area contributed by atoms with Crippen LogP contribution in [0.1, 0.15) is 112 Å². The molecular weight excluding hydrogens is 1150 g/mol. The summed E-state index contributed by atoms with van der Waals surface area (Å²) in [7, 11) is 0. The van der Waals surface area contributed by atoms with E-state index < -0.39 is 24.3 Å². The topological polar surface area (TPSA) is 96.8 Å². The second kappa shape index (κ2) is 28.8. The smallest absolute Gasteiger partial charge is 0.349 e. The Hall–Kier alpha value is -2.88. The van der Waals surface area contributed by atoms with E-state index in [9.17, 15) is 9.59 Å². The van der Waals surface area contributed by atoms with Gasteiger partial charge in [0.2, 0.25) is 0 Å². The number of aromatic nitrogens is 2. The van der Waals surface area contributed by atoms with Gasteiger partial charge in [0.15, 0.2) is 0 Å². The van der Waals surface area contributed by atoms with Crippen molar-refractivity contribution in [2.75, 3.05) is 26.4 Å². The number of hydrogen-bond donors (Lipinski definition) is 0. The van der Waals surface area contributed by atoms with Gasteiger partial charge >= 0.3 is 132 Å². The molecule has 2 aromatic carbocycles. The molecule has 0 aliphatic rings. The predicted molar refractivity (Wildman–Crippen MR) is 296 cm³/mol. The van der Waals surface area contributed by atoms with Gasteiger partial charge in [-0.3, -0.25) is 9.97 Å². The minimum atomic E-state index is -2.24. The molecule has 0 fully saturated rings. The van der Waals surface area contributed by atoms with Crippen LogP contribution < -0.4 is 0 Å². The average molecular weight is 1210 g/mol. The van der Waals surface area contributed by atoms with Crippen molar-refractivity contribution in [3.05, 3.63) is 118 Å². The molecule has 4 heterocycles. The summed E-state index contributed by atoms with van der Waals surface area (Å²) in [6.07, 6.45) is 15.0. The number of ether oxygens (including phenoxy) is 4. The van der Waals surface area contributed by atoms with Crippen LogP contribution in [-0.2, 0) is 18.9 Å². The number of pyridine rings is 2. The fraction of sp³-hybridized carbons (Fsp3) is 0.385. The van der Waals surface area contributed by atoms with Crippen molar-refractivity contribution in [2.24, 2.45) is 0 Å². The van der Waals surface area contributed by atoms with Crippen molar-refractivity contribution in [1.82, 2.24) is 9.97 Å². The van der Waals surface area contributed by atoms with Crippen LogP contribution in [0.2, 0.25) is 33.4 Å². The third kappa shape index (κ3) is 15.3. The predicted octanol–water partition coefficient (Wildman–Crippen LogP) is 18.6. The first-order valence-electron chi connectivity index (χ1n) is 23.0. The summed E-state index contributed by atoms with van der Waals surface area (Å²) in [4.78, 5) is 34.2. The van der Waals surface area contributed by atoms with Crippen LogP contribution in [0.3, 0.4) is 0 Å². The number of hydrogen-bond acceptors (Lipinski definition) is 10. The van der Waals surface area contributed by atoms with Crippen molar-refractivity contribution >= 4 is 141 Å². The Kier molecular flexibility index (Phi) is 24.5. The summed E-state index contributed by atoms with van der Waals surface area (Å²) in [6, 6.07) is 10.6. The summed E-state index contributed by atoms with van der Waals surface area (Å²) in [5, 5.41) is 3.77. The molecule has 0 saturated carbocycles. The molecule has 6 rings (SSSR count). The molecule has 0 atom stereocenters. The molecule has 0 aliphatic heterocycles. The average Bonchev–Trinajstić information content (AvgIpc) is 3.87. The van der Waals surface area contributed by atoms with E-state index in [1.165, 1.54) is 78.3 Å². The molecule has 8 nitrogen and oxygen atoms in total. The van der Waals surface area contributed by atoms with E-state index >= 15 is 0 Å². The van der Waals surface area contributed by atoms with E-state index in [4.69, 9.17) is 65.4 Å². The van der Waals surface area contributed by atoms with Gasteiger partial charge in [-0.2, -0.15) is 0 Å². The van der Waals surface area contributed by atoms with Crippen LogP contribution in [0, 0.1) is 0 Å². The first-order valence-corrected chi connectivity index (χ1v) is 34.4. The Labute approximate surface area is 442 Å². The van der Waals surface area contributed by atoms with Crippen molar-refractivity contribution in [2.45, 2.75) is 100 Å². The minimum absolute atomic E-state index is 0.280. The quantitative estimate of drug-likeness (QED) is 0.0399. The second-order valence-corrected chi connectivity index (χ2v) is 33.5. The van der Waals surface area contributed by atoms with Gasteiger partial charge in [0.1, 0.15) is 15.5 Å². The van der Waals surface area contributed by atoms with Gasteiger partial charge in [0.05, 0.1) is 29.9 Å². The molecule has 366 valence electrons. The molecule has 0 radical (unpaired) electrons. The summed E-state index contributed by atoms with van der Waals surface area (Å²) in [5.41, 5.74) is 3.97. The Morgan fingerprint density at radius 3 is 1.40 bits per heavy atom. The van der Waals surface area contributed by atoms with Crippen molar-refractivity contribution in [1.29, 1.82) is 0 Å². The van der Waals surface area contributed by atoms with Crippen LogP contribution in [0.4, 0.5) is 0 Å². The number of fused-ring (bicyclic) bond motifs is 2. The fourth-order valence-corrected chi connectivity index (χ4v) is 26.5. The van der Waals surface area contributed by atoms with Crippen LogP contribution >= 0.6 is 85.0 Å². The van der Waals surface area contributed by atoms with Crippen molar-refractivity contribution in [3.8, 4) is 22.3 Å². The summed E-state index contributed by atoms with van der Waals surface area (Å²) in [6.45, 7) is 24.6. The van der Waals surface area contributed by atoms with Gasteiger partial charge in [-0.25, -0.2) is 9.59 Å². The number of unbranched alkanes of at least 4 members (excludes halogenated alkanes) is 3. The molecule has 0 N–H and O–H groups in total. The maximum atomic E-state index is 12.5. The molecule has 6 aromatic rings. The molecule has 0 saturated heterocycles. The van der Waals surface area contributed by atoms with E-state index in [-0.39, 0.29) is 12.6 Å². The summed E-state index contributed by atoms with van der Waals surface area (Å²) in [5.74, 6) is -0.352. The first kappa shape index (κ1) is 57.7. The molecule has 0 amide bonds. The first-order chi connectivity index (χ1) is 32.6. The molecule has 68 heavy (non-hydrogen) atoms. The van der Waals surface area contributed by atoms with Crippen molar-refractivity contribution in [3.63, 3.8) is 0 Å². The zero-order valence-electron chi connectivity index (χ0n) is 39.9.